The van der Waals surface area contributed by atoms with Crippen molar-refractivity contribution in [2.45, 2.75) is 0 Å². The number of nitrogens with zero attached hydrogens (tertiary/aromatic N) is 3. The molecule has 1 aromatic rings. The van der Waals surface area contributed by atoms with Crippen molar-refractivity contribution in [3.63, 3.8) is 0 Å². The molecule has 0 radical (unpaired) electrons. The number of halogens is 2. The maximum Gasteiger partial charge on any atom is 0.395 e. The van der Waals surface area contributed by atoms with Crippen LogP contribution in [0.1, 0.15) is 0 Å². The van der Waals surface area contributed by atoms with E-state index in [-0.39, 0.29) is 5.88 Å². The molecule has 0 atom stereocenters. The van der Waals surface area contributed by atoms with Crippen LogP contribution in [0.15, 0.2) is 12.1 Å². The zero-order valence-electron chi connectivity index (χ0n) is 10.0. The standard InChI is InChI=1S/C9H14ClIN3O2P/c1-13(2)17(15,14(3)4)16-9-7(11)5-6-8(10)12-9/h5-6H,1-4H3. The number of rotatable bonds is 4. The molecular weight excluding hydrogens is 375 g/mol. The maximum atomic E-state index is 12.6. The van der Waals surface area contributed by atoms with Crippen LogP contribution in [0.5, 0.6) is 5.88 Å². The van der Waals surface area contributed by atoms with Gasteiger partial charge in [-0.25, -0.2) is 18.9 Å². The van der Waals surface area contributed by atoms with Gasteiger partial charge in [-0.15, -0.1) is 0 Å². The van der Waals surface area contributed by atoms with Crippen LogP contribution in [0.25, 0.3) is 0 Å². The van der Waals surface area contributed by atoms with Crippen LogP contribution in [-0.4, -0.2) is 42.5 Å². The molecule has 0 unspecified atom stereocenters. The van der Waals surface area contributed by atoms with Gasteiger partial charge in [0.15, 0.2) is 0 Å². The lowest BCUT2D eigenvalue weighted by atomic mass is 10.5. The fourth-order valence-electron chi connectivity index (χ4n) is 1.10. The third-order valence-electron chi connectivity index (χ3n) is 2.00. The van der Waals surface area contributed by atoms with Crippen molar-refractivity contribution >= 4 is 41.9 Å². The van der Waals surface area contributed by atoms with E-state index in [0.29, 0.717) is 5.15 Å². The first-order valence-corrected chi connectivity index (χ1v) is 7.73. The third-order valence-corrected chi connectivity index (χ3v) is 5.46. The lowest BCUT2D eigenvalue weighted by Gasteiger charge is -2.29. The zero-order chi connectivity index (χ0) is 13.2. The van der Waals surface area contributed by atoms with Crippen molar-refractivity contribution in [1.29, 1.82) is 0 Å². The third kappa shape index (κ3) is 3.54. The minimum Gasteiger partial charge on any atom is -0.402 e. The van der Waals surface area contributed by atoms with Crippen LogP contribution in [0.2, 0.25) is 5.15 Å². The second kappa shape index (κ2) is 5.84. The van der Waals surface area contributed by atoms with Gasteiger partial charge in [0, 0.05) is 0 Å². The molecule has 0 bridgehead atoms. The molecule has 8 heteroatoms. The molecule has 5 nitrogen and oxygen atoms in total. The van der Waals surface area contributed by atoms with Gasteiger partial charge in [-0.1, -0.05) is 11.6 Å². The average Bonchev–Trinajstić information content (AvgIpc) is 2.22. The van der Waals surface area contributed by atoms with Gasteiger partial charge >= 0.3 is 7.67 Å². The molecule has 96 valence electrons. The molecule has 0 amide bonds. The highest BCUT2D eigenvalue weighted by Gasteiger charge is 2.32. The SMILES string of the molecule is CN(C)P(=O)(Oc1nc(Cl)ccc1I)N(C)C. The molecular formula is C9H14ClIN3O2P. The normalized spacial score (nSPS) is 12.2. The molecule has 0 N–H and O–H groups in total. The quantitative estimate of drug-likeness (QED) is 0.450. The zero-order valence-corrected chi connectivity index (χ0v) is 13.8. The molecule has 0 aromatic carbocycles. The first kappa shape index (κ1) is 15.2. The summed E-state index contributed by atoms with van der Waals surface area (Å²) in [6.45, 7) is 0. The van der Waals surface area contributed by atoms with Crippen LogP contribution in [-0.2, 0) is 4.57 Å². The van der Waals surface area contributed by atoms with Crippen LogP contribution >= 0.6 is 41.9 Å². The lowest BCUT2D eigenvalue weighted by Crippen LogP contribution is -2.25. The minimum atomic E-state index is -3.09. The summed E-state index contributed by atoms with van der Waals surface area (Å²) in [6, 6.07) is 3.42. The Balaban J connectivity index is 3.11. The summed E-state index contributed by atoms with van der Waals surface area (Å²) in [6.07, 6.45) is 0. The van der Waals surface area contributed by atoms with Gasteiger partial charge in [-0.05, 0) is 62.9 Å². The molecule has 0 spiro atoms. The second-order valence-corrected chi connectivity index (χ2v) is 8.01. The van der Waals surface area contributed by atoms with Crippen molar-refractivity contribution in [3.05, 3.63) is 20.9 Å². The van der Waals surface area contributed by atoms with Crippen molar-refractivity contribution < 1.29 is 9.09 Å². The predicted molar refractivity (Wildman–Crippen MR) is 77.6 cm³/mol. The highest BCUT2D eigenvalue weighted by atomic mass is 127. The Morgan fingerprint density at radius 3 is 2.29 bits per heavy atom. The summed E-state index contributed by atoms with van der Waals surface area (Å²) in [5.74, 6) is 0.281. The highest BCUT2D eigenvalue weighted by Crippen LogP contribution is 2.50. The number of hydrogen-bond donors (Lipinski definition) is 0. The van der Waals surface area contributed by atoms with Gasteiger partial charge in [-0.3, -0.25) is 0 Å². The van der Waals surface area contributed by atoms with Crippen molar-refractivity contribution in [2.24, 2.45) is 0 Å². The molecule has 0 fully saturated rings. The summed E-state index contributed by atoms with van der Waals surface area (Å²) in [5.41, 5.74) is 0. The van der Waals surface area contributed by atoms with Gasteiger partial charge in [-0.2, -0.15) is 0 Å². The highest BCUT2D eigenvalue weighted by molar-refractivity contribution is 14.1. The second-order valence-electron chi connectivity index (χ2n) is 3.70. The van der Waals surface area contributed by atoms with E-state index in [9.17, 15) is 4.57 Å². The molecule has 0 aliphatic heterocycles. The molecule has 0 saturated carbocycles. The summed E-state index contributed by atoms with van der Waals surface area (Å²) in [7, 11) is 3.68. The van der Waals surface area contributed by atoms with E-state index in [1.165, 1.54) is 9.34 Å². The maximum absolute atomic E-state index is 12.6. The van der Waals surface area contributed by atoms with Gasteiger partial charge in [0.25, 0.3) is 0 Å². The Morgan fingerprint density at radius 1 is 1.29 bits per heavy atom. The van der Waals surface area contributed by atoms with Gasteiger partial charge in [0.2, 0.25) is 5.88 Å². The number of pyridine rings is 1. The van der Waals surface area contributed by atoms with E-state index in [1.807, 2.05) is 0 Å². The van der Waals surface area contributed by atoms with E-state index < -0.39 is 7.67 Å². The Labute approximate surface area is 120 Å². The topological polar surface area (TPSA) is 45.7 Å². The van der Waals surface area contributed by atoms with Crippen molar-refractivity contribution in [3.8, 4) is 5.88 Å². The van der Waals surface area contributed by atoms with Crippen LogP contribution in [0, 0.1) is 3.57 Å². The van der Waals surface area contributed by atoms with Gasteiger partial charge in [0.1, 0.15) is 5.15 Å². The molecule has 1 heterocycles. The monoisotopic (exact) mass is 389 g/mol. The van der Waals surface area contributed by atoms with E-state index >= 15 is 0 Å². The Bertz CT molecular complexity index is 444. The minimum absolute atomic E-state index is 0.281. The fraction of sp³-hybridized carbons (Fsp3) is 0.444. The molecule has 0 aliphatic rings. The average molecular weight is 390 g/mol. The van der Waals surface area contributed by atoms with E-state index in [2.05, 4.69) is 27.6 Å². The van der Waals surface area contributed by atoms with Crippen LogP contribution in [0.3, 0.4) is 0 Å². The summed E-state index contributed by atoms with van der Waals surface area (Å²) >= 11 is 7.85. The Hall–Kier alpha value is 0.120. The van der Waals surface area contributed by atoms with Crippen LogP contribution in [0.4, 0.5) is 0 Å². The Morgan fingerprint density at radius 2 is 1.82 bits per heavy atom. The van der Waals surface area contributed by atoms with Crippen molar-refractivity contribution in [2.75, 3.05) is 28.2 Å². The van der Waals surface area contributed by atoms with E-state index in [1.54, 1.807) is 40.3 Å². The first-order valence-electron chi connectivity index (χ1n) is 4.74. The summed E-state index contributed by atoms with van der Waals surface area (Å²) in [5, 5.41) is 0.310. The molecule has 0 saturated heterocycles. The fourth-order valence-corrected chi connectivity index (χ4v) is 3.23. The smallest absolute Gasteiger partial charge is 0.395 e. The number of aromatic nitrogens is 1. The van der Waals surface area contributed by atoms with Crippen LogP contribution < -0.4 is 4.52 Å². The lowest BCUT2D eigenvalue weighted by molar-refractivity contribution is 0.348. The Kier molecular flexibility index (Phi) is 5.21. The summed E-state index contributed by atoms with van der Waals surface area (Å²) < 4.78 is 22.0. The van der Waals surface area contributed by atoms with Crippen molar-refractivity contribution in [1.82, 2.24) is 14.3 Å². The molecule has 17 heavy (non-hydrogen) atoms. The molecule has 0 aliphatic carbocycles. The first-order chi connectivity index (χ1) is 7.77. The molecule has 1 aromatic heterocycles. The van der Waals surface area contributed by atoms with E-state index in [0.717, 1.165) is 3.57 Å². The van der Waals surface area contributed by atoms with Gasteiger partial charge < -0.3 is 4.52 Å². The van der Waals surface area contributed by atoms with Gasteiger partial charge in [0.05, 0.1) is 3.57 Å². The largest absolute Gasteiger partial charge is 0.402 e. The molecule has 1 rings (SSSR count). The number of hydrogen-bond acceptors (Lipinski definition) is 3. The summed E-state index contributed by atoms with van der Waals surface area (Å²) in [4.78, 5) is 4.03. The van der Waals surface area contributed by atoms with E-state index in [4.69, 9.17) is 16.1 Å². The predicted octanol–water partition coefficient (Wildman–Crippen LogP) is 2.95.